The maximum atomic E-state index is 12.7. The molecule has 1 unspecified atom stereocenters. The second kappa shape index (κ2) is 9.70. The Morgan fingerprint density at radius 1 is 1.06 bits per heavy atom. The molecule has 2 aromatic rings. The Morgan fingerprint density at radius 3 is 2.18 bits per heavy atom. The second-order valence-corrected chi connectivity index (χ2v) is 8.02. The van der Waals surface area contributed by atoms with Gasteiger partial charge in [0.05, 0.1) is 18.1 Å². The van der Waals surface area contributed by atoms with E-state index >= 15 is 0 Å². The van der Waals surface area contributed by atoms with E-state index in [9.17, 15) is 10.1 Å². The van der Waals surface area contributed by atoms with Gasteiger partial charge in [-0.1, -0.05) is 30.3 Å². The number of piperazine rings is 1. The fraction of sp³-hybridized carbons (Fsp3) is 0.308. The molecule has 170 valence electrons. The monoisotopic (exact) mass is 444 g/mol. The molecule has 2 aliphatic rings. The van der Waals surface area contributed by atoms with Crippen molar-refractivity contribution in [2.75, 3.05) is 42.6 Å². The summed E-state index contributed by atoms with van der Waals surface area (Å²) in [6, 6.07) is 20.5. The molecular formula is C26H28N4O3. The number of para-hydroxylation sites is 1. The zero-order valence-corrected chi connectivity index (χ0v) is 19.0. The van der Waals surface area contributed by atoms with Crippen molar-refractivity contribution in [1.29, 1.82) is 5.26 Å². The van der Waals surface area contributed by atoms with Gasteiger partial charge in [-0.3, -0.25) is 0 Å². The first-order chi connectivity index (χ1) is 16.0. The average Bonchev–Trinajstić information content (AvgIpc) is 2.84. The lowest BCUT2D eigenvalue weighted by molar-refractivity contribution is -0.139. The lowest BCUT2D eigenvalue weighted by Gasteiger charge is -2.37. The van der Waals surface area contributed by atoms with Gasteiger partial charge in [-0.05, 0) is 43.7 Å². The van der Waals surface area contributed by atoms with Crippen LogP contribution in [0, 0.1) is 11.3 Å². The minimum atomic E-state index is -0.619. The fourth-order valence-electron chi connectivity index (χ4n) is 4.43. The highest BCUT2D eigenvalue weighted by molar-refractivity contribution is 5.92. The summed E-state index contributed by atoms with van der Waals surface area (Å²) >= 11 is 0. The van der Waals surface area contributed by atoms with E-state index in [1.807, 2.05) is 30.3 Å². The van der Waals surface area contributed by atoms with E-state index in [4.69, 9.17) is 15.2 Å². The van der Waals surface area contributed by atoms with Crippen LogP contribution >= 0.6 is 0 Å². The summed E-state index contributed by atoms with van der Waals surface area (Å²) in [6.45, 7) is 7.35. The van der Waals surface area contributed by atoms with Gasteiger partial charge in [0, 0.05) is 37.6 Å². The van der Waals surface area contributed by atoms with Gasteiger partial charge in [-0.25, -0.2) is 4.79 Å². The fourth-order valence-corrected chi connectivity index (χ4v) is 4.43. The molecule has 1 atom stereocenters. The number of hydrogen-bond donors (Lipinski definition) is 1. The third-order valence-corrected chi connectivity index (χ3v) is 6.09. The van der Waals surface area contributed by atoms with Crippen molar-refractivity contribution in [1.82, 2.24) is 0 Å². The Hall–Kier alpha value is -3.92. The number of nitrogens with two attached hydrogens (primary N) is 1. The molecule has 2 aromatic carbocycles. The maximum absolute atomic E-state index is 12.7. The quantitative estimate of drug-likeness (QED) is 0.704. The first kappa shape index (κ1) is 22.3. The van der Waals surface area contributed by atoms with Crippen molar-refractivity contribution in [2.24, 2.45) is 5.73 Å². The van der Waals surface area contributed by atoms with E-state index in [1.54, 1.807) is 13.8 Å². The molecular weight excluding hydrogens is 416 g/mol. The summed E-state index contributed by atoms with van der Waals surface area (Å²) < 4.78 is 10.7. The van der Waals surface area contributed by atoms with E-state index in [2.05, 4.69) is 40.1 Å². The molecule has 4 rings (SSSR count). The Morgan fingerprint density at radius 2 is 1.64 bits per heavy atom. The van der Waals surface area contributed by atoms with Gasteiger partial charge in [0.25, 0.3) is 0 Å². The molecule has 33 heavy (non-hydrogen) atoms. The number of ether oxygens (including phenoxy) is 2. The van der Waals surface area contributed by atoms with Crippen molar-refractivity contribution < 1.29 is 14.3 Å². The predicted molar refractivity (Wildman–Crippen MR) is 127 cm³/mol. The lowest BCUT2D eigenvalue weighted by atomic mass is 9.83. The van der Waals surface area contributed by atoms with Gasteiger partial charge in [0.15, 0.2) is 0 Å². The van der Waals surface area contributed by atoms with Crippen molar-refractivity contribution >= 4 is 17.3 Å². The molecule has 0 aromatic heterocycles. The van der Waals surface area contributed by atoms with Crippen LogP contribution in [-0.4, -0.2) is 38.8 Å². The highest BCUT2D eigenvalue weighted by Gasteiger charge is 2.36. The summed E-state index contributed by atoms with van der Waals surface area (Å²) in [5.41, 5.74) is 9.66. The minimum absolute atomic E-state index is 0.0224. The Balaban J connectivity index is 1.54. The third-order valence-electron chi connectivity index (χ3n) is 6.09. The van der Waals surface area contributed by atoms with Crippen LogP contribution in [0.15, 0.2) is 77.4 Å². The molecule has 2 aliphatic heterocycles. The summed E-state index contributed by atoms with van der Waals surface area (Å²) in [4.78, 5) is 17.4. The molecule has 0 spiro atoms. The van der Waals surface area contributed by atoms with Crippen LogP contribution in [0.25, 0.3) is 0 Å². The molecule has 7 nitrogen and oxygen atoms in total. The minimum Gasteiger partial charge on any atom is -0.463 e. The van der Waals surface area contributed by atoms with E-state index in [0.717, 1.165) is 37.4 Å². The third kappa shape index (κ3) is 4.51. The SMILES string of the molecule is CCOC(=O)C1=C(C)OC(N)=C(C#N)C1c1ccc(N2CCN(c3ccccc3)CC2)cc1. The van der Waals surface area contributed by atoms with Gasteiger partial charge in [-0.15, -0.1) is 0 Å². The predicted octanol–water partition coefficient (Wildman–Crippen LogP) is 3.66. The highest BCUT2D eigenvalue weighted by Crippen LogP contribution is 2.40. The number of allylic oxidation sites excluding steroid dienone is 2. The van der Waals surface area contributed by atoms with Crippen LogP contribution in [0.3, 0.4) is 0 Å². The van der Waals surface area contributed by atoms with Gasteiger partial charge in [-0.2, -0.15) is 5.26 Å². The molecule has 7 heteroatoms. The normalized spacial score (nSPS) is 18.6. The number of hydrogen-bond acceptors (Lipinski definition) is 7. The number of benzene rings is 2. The first-order valence-electron chi connectivity index (χ1n) is 11.1. The van der Waals surface area contributed by atoms with Crippen LogP contribution in [0.5, 0.6) is 0 Å². The molecule has 2 heterocycles. The topological polar surface area (TPSA) is 91.8 Å². The van der Waals surface area contributed by atoms with E-state index in [-0.39, 0.29) is 18.1 Å². The number of rotatable bonds is 5. The van der Waals surface area contributed by atoms with E-state index in [0.29, 0.717) is 11.3 Å². The Bertz CT molecular complexity index is 1110. The summed E-state index contributed by atoms with van der Waals surface area (Å²) in [6.07, 6.45) is 0. The zero-order valence-electron chi connectivity index (χ0n) is 19.0. The standard InChI is InChI=1S/C26H28N4O3/c1-3-32-26(31)23-18(2)33-25(28)22(17-27)24(23)19-9-11-21(12-10-19)30-15-13-29(14-16-30)20-7-5-4-6-8-20/h4-12,24H,3,13-16,28H2,1-2H3. The van der Waals surface area contributed by atoms with Crippen LogP contribution in [0.2, 0.25) is 0 Å². The van der Waals surface area contributed by atoms with Gasteiger partial charge in [0.2, 0.25) is 5.88 Å². The number of esters is 1. The molecule has 2 N–H and O–H groups in total. The van der Waals surface area contributed by atoms with Crippen molar-refractivity contribution in [2.45, 2.75) is 19.8 Å². The summed E-state index contributed by atoms with van der Waals surface area (Å²) in [7, 11) is 0. The van der Waals surface area contributed by atoms with Gasteiger partial charge < -0.3 is 25.0 Å². The molecule has 0 bridgehead atoms. The largest absolute Gasteiger partial charge is 0.463 e. The van der Waals surface area contributed by atoms with Crippen molar-refractivity contribution in [3.05, 3.63) is 82.9 Å². The van der Waals surface area contributed by atoms with Gasteiger partial charge >= 0.3 is 5.97 Å². The lowest BCUT2D eigenvalue weighted by Crippen LogP contribution is -2.46. The number of carbonyl (C=O) groups is 1. The summed E-state index contributed by atoms with van der Waals surface area (Å²) in [5.74, 6) is -0.738. The van der Waals surface area contributed by atoms with Crippen molar-refractivity contribution in [3.8, 4) is 6.07 Å². The van der Waals surface area contributed by atoms with Crippen molar-refractivity contribution in [3.63, 3.8) is 0 Å². The van der Waals surface area contributed by atoms with Crippen LogP contribution in [-0.2, 0) is 14.3 Å². The average molecular weight is 445 g/mol. The molecule has 1 fully saturated rings. The molecule has 0 aliphatic carbocycles. The molecule has 0 amide bonds. The molecule has 0 radical (unpaired) electrons. The molecule has 0 saturated carbocycles. The van der Waals surface area contributed by atoms with E-state index in [1.165, 1.54) is 5.69 Å². The van der Waals surface area contributed by atoms with E-state index < -0.39 is 11.9 Å². The Kier molecular flexibility index (Phi) is 6.55. The zero-order chi connectivity index (χ0) is 23.4. The number of nitriles is 1. The number of anilines is 2. The Labute approximate surface area is 194 Å². The first-order valence-corrected chi connectivity index (χ1v) is 11.1. The van der Waals surface area contributed by atoms with Crippen LogP contribution in [0.1, 0.15) is 25.3 Å². The highest BCUT2D eigenvalue weighted by atomic mass is 16.5. The summed E-state index contributed by atoms with van der Waals surface area (Å²) in [5, 5.41) is 9.73. The molecule has 1 saturated heterocycles. The number of nitrogens with zero attached hydrogens (tertiary/aromatic N) is 3. The second-order valence-electron chi connectivity index (χ2n) is 8.02. The van der Waals surface area contributed by atoms with Gasteiger partial charge in [0.1, 0.15) is 17.4 Å². The van der Waals surface area contributed by atoms with Crippen LogP contribution < -0.4 is 15.5 Å². The smallest absolute Gasteiger partial charge is 0.338 e. The maximum Gasteiger partial charge on any atom is 0.338 e. The number of carbonyl (C=O) groups excluding carboxylic acids is 1. The van der Waals surface area contributed by atoms with Crippen LogP contribution in [0.4, 0.5) is 11.4 Å².